The van der Waals surface area contributed by atoms with Crippen molar-refractivity contribution in [1.29, 1.82) is 0 Å². The van der Waals surface area contributed by atoms with Crippen molar-refractivity contribution in [3.63, 3.8) is 0 Å². The fraction of sp³-hybridized carbons (Fsp3) is 0.750. The highest BCUT2D eigenvalue weighted by Crippen LogP contribution is 2.44. The molecule has 1 heteroatoms. The lowest BCUT2D eigenvalue weighted by atomic mass is 9.68. The number of halogens is 1. The summed E-state index contributed by atoms with van der Waals surface area (Å²) in [6.45, 7) is 4.16. The number of unbranched alkanes of at least 4 members (excludes halogenated alkanes) is 2. The van der Waals surface area contributed by atoms with E-state index in [1.165, 1.54) is 82.6 Å². The summed E-state index contributed by atoms with van der Waals surface area (Å²) in [7, 11) is 0. The Morgan fingerprint density at radius 2 is 1.52 bits per heavy atom. The average molecular weight is 345 g/mol. The van der Waals surface area contributed by atoms with Gasteiger partial charge in [0.25, 0.3) is 0 Å². The van der Waals surface area contributed by atoms with Crippen LogP contribution in [-0.4, -0.2) is 0 Å². The molecule has 2 aliphatic carbocycles. The fourth-order valence-electron chi connectivity index (χ4n) is 5.42. The molecule has 2 fully saturated rings. The highest BCUT2D eigenvalue weighted by molar-refractivity contribution is 5.26. The molecule has 2 aliphatic rings. The second-order valence-electron chi connectivity index (χ2n) is 8.90. The van der Waals surface area contributed by atoms with Gasteiger partial charge < -0.3 is 0 Å². The van der Waals surface area contributed by atoms with Crippen LogP contribution < -0.4 is 0 Å². The third-order valence-corrected chi connectivity index (χ3v) is 7.21. The normalized spacial score (nSPS) is 30.4. The molecule has 0 atom stereocenters. The summed E-state index contributed by atoms with van der Waals surface area (Å²) in [6, 6.07) is 5.91. The molecule has 0 N–H and O–H groups in total. The molecule has 3 rings (SSSR count). The molecule has 0 heterocycles. The topological polar surface area (TPSA) is 0 Å². The van der Waals surface area contributed by atoms with Crippen molar-refractivity contribution in [2.45, 2.75) is 96.8 Å². The Kier molecular flexibility index (Phi) is 6.96. The van der Waals surface area contributed by atoms with Gasteiger partial charge in [-0.1, -0.05) is 57.6 Å². The van der Waals surface area contributed by atoms with Crippen LogP contribution in [0.15, 0.2) is 18.2 Å². The Hall–Kier alpha value is -0.850. The molecule has 0 unspecified atom stereocenters. The summed E-state index contributed by atoms with van der Waals surface area (Å²) >= 11 is 0. The van der Waals surface area contributed by atoms with E-state index in [2.05, 4.69) is 13.0 Å². The molecule has 0 aromatic heterocycles. The molecule has 0 aliphatic heterocycles. The Bertz CT molecular complexity index is 519. The van der Waals surface area contributed by atoms with Crippen molar-refractivity contribution in [1.82, 2.24) is 0 Å². The third-order valence-electron chi connectivity index (χ3n) is 7.21. The van der Waals surface area contributed by atoms with E-state index in [1.807, 2.05) is 13.0 Å². The molecule has 1 aromatic carbocycles. The summed E-state index contributed by atoms with van der Waals surface area (Å²) in [5, 5.41) is 0. The molecular formula is C24H37F. The fourth-order valence-corrected chi connectivity index (χ4v) is 5.42. The first-order valence-corrected chi connectivity index (χ1v) is 10.9. The Balaban J connectivity index is 1.43. The lowest BCUT2D eigenvalue weighted by Crippen LogP contribution is -2.25. The van der Waals surface area contributed by atoms with Crippen molar-refractivity contribution in [2.24, 2.45) is 17.8 Å². The van der Waals surface area contributed by atoms with Crippen LogP contribution in [0, 0.1) is 30.5 Å². The monoisotopic (exact) mass is 344 g/mol. The van der Waals surface area contributed by atoms with Crippen molar-refractivity contribution in [2.75, 3.05) is 0 Å². The van der Waals surface area contributed by atoms with Crippen LogP contribution in [-0.2, 0) is 0 Å². The lowest BCUT2D eigenvalue weighted by molar-refractivity contribution is 0.155. The molecular weight excluding hydrogens is 307 g/mol. The molecule has 0 saturated heterocycles. The maximum atomic E-state index is 13.8. The quantitative estimate of drug-likeness (QED) is 0.462. The zero-order chi connectivity index (χ0) is 17.6. The van der Waals surface area contributed by atoms with E-state index in [1.54, 1.807) is 6.07 Å². The molecule has 2 saturated carbocycles. The maximum Gasteiger partial charge on any atom is 0.126 e. The van der Waals surface area contributed by atoms with Gasteiger partial charge in [0.15, 0.2) is 0 Å². The summed E-state index contributed by atoms with van der Waals surface area (Å²) in [6.07, 6.45) is 16.9. The van der Waals surface area contributed by atoms with Crippen LogP contribution in [0.25, 0.3) is 0 Å². The Labute approximate surface area is 154 Å². The first-order valence-electron chi connectivity index (χ1n) is 10.9. The highest BCUT2D eigenvalue weighted by atomic mass is 19.1. The van der Waals surface area contributed by atoms with Gasteiger partial charge in [0.05, 0.1) is 0 Å². The smallest absolute Gasteiger partial charge is 0.126 e. The zero-order valence-electron chi connectivity index (χ0n) is 16.4. The second kappa shape index (κ2) is 9.19. The van der Waals surface area contributed by atoms with Gasteiger partial charge in [0, 0.05) is 0 Å². The minimum absolute atomic E-state index is 0.0268. The van der Waals surface area contributed by atoms with Crippen molar-refractivity contribution in [3.8, 4) is 0 Å². The van der Waals surface area contributed by atoms with E-state index in [9.17, 15) is 4.39 Å². The van der Waals surface area contributed by atoms with Crippen molar-refractivity contribution < 1.29 is 4.39 Å². The molecule has 0 nitrogen and oxygen atoms in total. The third kappa shape index (κ3) is 5.08. The predicted molar refractivity (Wildman–Crippen MR) is 105 cm³/mol. The van der Waals surface area contributed by atoms with Gasteiger partial charge in [-0.25, -0.2) is 4.39 Å². The number of aryl methyl sites for hydroxylation is 1. The van der Waals surface area contributed by atoms with E-state index < -0.39 is 0 Å². The largest absolute Gasteiger partial charge is 0.207 e. The van der Waals surface area contributed by atoms with Crippen LogP contribution in [0.4, 0.5) is 4.39 Å². The Morgan fingerprint density at radius 1 is 0.880 bits per heavy atom. The average Bonchev–Trinajstić information content (AvgIpc) is 2.65. The highest BCUT2D eigenvalue weighted by Gasteiger charge is 2.31. The lowest BCUT2D eigenvalue weighted by Gasteiger charge is -2.38. The number of rotatable bonds is 6. The summed E-state index contributed by atoms with van der Waals surface area (Å²) in [5.41, 5.74) is 2.01. The molecule has 140 valence electrons. The Morgan fingerprint density at radius 3 is 2.12 bits per heavy atom. The van der Waals surface area contributed by atoms with Crippen LogP contribution >= 0.6 is 0 Å². The van der Waals surface area contributed by atoms with Crippen molar-refractivity contribution in [3.05, 3.63) is 35.1 Å². The van der Waals surface area contributed by atoms with E-state index in [0.29, 0.717) is 5.92 Å². The van der Waals surface area contributed by atoms with Gasteiger partial charge in [-0.2, -0.15) is 0 Å². The predicted octanol–water partition coefficient (Wildman–Crippen LogP) is 7.79. The minimum atomic E-state index is -0.0268. The van der Waals surface area contributed by atoms with Gasteiger partial charge in [0.1, 0.15) is 5.82 Å². The van der Waals surface area contributed by atoms with Crippen LogP contribution in [0.5, 0.6) is 0 Å². The van der Waals surface area contributed by atoms with E-state index in [0.717, 1.165) is 23.3 Å². The van der Waals surface area contributed by atoms with Crippen LogP contribution in [0.2, 0.25) is 0 Å². The van der Waals surface area contributed by atoms with Gasteiger partial charge in [-0.05, 0) is 86.3 Å². The number of hydrogen-bond donors (Lipinski definition) is 0. The molecule has 1 aromatic rings. The van der Waals surface area contributed by atoms with Gasteiger partial charge in [-0.3, -0.25) is 0 Å². The van der Waals surface area contributed by atoms with Crippen LogP contribution in [0.3, 0.4) is 0 Å². The second-order valence-corrected chi connectivity index (χ2v) is 8.90. The number of benzene rings is 1. The standard InChI is InChI=1S/C24H37F/c1-3-4-5-6-19-8-11-20(12-9-19)21-13-15-22(16-14-21)23-10-7-18(2)24(25)17-23/h7,10,17,19-22H,3-6,8-9,11-16H2,1-2H3/t19-,20-,21?,22?. The first kappa shape index (κ1) is 18.9. The summed E-state index contributed by atoms with van der Waals surface area (Å²) in [4.78, 5) is 0. The van der Waals surface area contributed by atoms with E-state index >= 15 is 0 Å². The molecule has 0 spiro atoms. The summed E-state index contributed by atoms with van der Waals surface area (Å²) in [5.74, 6) is 3.52. The molecule has 0 radical (unpaired) electrons. The zero-order valence-corrected chi connectivity index (χ0v) is 16.4. The number of hydrogen-bond acceptors (Lipinski definition) is 0. The SMILES string of the molecule is CCCCC[C@H]1CC[C@H](C2CCC(c3ccc(C)c(F)c3)CC2)CC1. The van der Waals surface area contributed by atoms with E-state index in [-0.39, 0.29) is 5.82 Å². The van der Waals surface area contributed by atoms with Gasteiger partial charge >= 0.3 is 0 Å². The van der Waals surface area contributed by atoms with Gasteiger partial charge in [-0.15, -0.1) is 0 Å². The minimum Gasteiger partial charge on any atom is -0.207 e. The molecule has 0 amide bonds. The molecule has 0 bridgehead atoms. The maximum absolute atomic E-state index is 13.8. The van der Waals surface area contributed by atoms with Crippen molar-refractivity contribution >= 4 is 0 Å². The summed E-state index contributed by atoms with van der Waals surface area (Å²) < 4.78 is 13.8. The molecule has 25 heavy (non-hydrogen) atoms. The van der Waals surface area contributed by atoms with Gasteiger partial charge in [0.2, 0.25) is 0 Å². The van der Waals surface area contributed by atoms with E-state index in [4.69, 9.17) is 0 Å². The van der Waals surface area contributed by atoms with Crippen LogP contribution in [0.1, 0.15) is 101 Å². The first-order chi connectivity index (χ1) is 12.2.